The highest BCUT2D eigenvalue weighted by Gasteiger charge is 1.99. The summed E-state index contributed by atoms with van der Waals surface area (Å²) in [6.07, 6.45) is 0. The van der Waals surface area contributed by atoms with Crippen LogP contribution >= 0.6 is 22.9 Å². The Labute approximate surface area is 105 Å². The quantitative estimate of drug-likeness (QED) is 0.866. The van der Waals surface area contributed by atoms with Gasteiger partial charge in [-0.15, -0.1) is 11.3 Å². The van der Waals surface area contributed by atoms with Gasteiger partial charge in [-0.3, -0.25) is 0 Å². The highest BCUT2D eigenvalue weighted by molar-refractivity contribution is 7.16. The van der Waals surface area contributed by atoms with Gasteiger partial charge in [-0.1, -0.05) is 35.9 Å². The zero-order chi connectivity index (χ0) is 11.4. The third-order valence-electron chi connectivity index (χ3n) is 2.50. The van der Waals surface area contributed by atoms with E-state index in [0.29, 0.717) is 0 Å². The minimum atomic E-state index is 0.854. The minimum absolute atomic E-state index is 0.854. The number of benzene rings is 1. The number of rotatable bonds is 4. The second-order valence-electron chi connectivity index (χ2n) is 3.74. The molecule has 3 heteroatoms. The van der Waals surface area contributed by atoms with Crippen molar-refractivity contribution in [2.24, 2.45) is 0 Å². The Morgan fingerprint density at radius 3 is 2.62 bits per heavy atom. The maximum absolute atomic E-state index is 5.87. The van der Waals surface area contributed by atoms with Gasteiger partial charge in [0.2, 0.25) is 0 Å². The number of aryl methyl sites for hydroxylation is 1. The predicted octanol–water partition coefficient (Wildman–Crippen LogP) is 4.00. The van der Waals surface area contributed by atoms with Crippen molar-refractivity contribution in [3.8, 4) is 0 Å². The number of halogens is 1. The van der Waals surface area contributed by atoms with E-state index in [9.17, 15) is 0 Å². The molecule has 1 heterocycles. The summed E-state index contributed by atoms with van der Waals surface area (Å²) in [4.78, 5) is 1.28. The molecular formula is C13H14ClNS. The molecule has 1 N–H and O–H groups in total. The second kappa shape index (κ2) is 5.48. The number of thiophene rings is 1. The molecule has 0 bridgehead atoms. The largest absolute Gasteiger partial charge is 0.308 e. The van der Waals surface area contributed by atoms with Crippen molar-refractivity contribution in [3.63, 3.8) is 0 Å². The Balaban J connectivity index is 1.87. The number of nitrogens with one attached hydrogen (secondary N) is 1. The van der Waals surface area contributed by atoms with Crippen molar-refractivity contribution < 1.29 is 0 Å². The highest BCUT2D eigenvalue weighted by atomic mass is 35.5. The summed E-state index contributed by atoms with van der Waals surface area (Å²) in [5.41, 5.74) is 2.68. The molecule has 0 aliphatic rings. The first-order valence-corrected chi connectivity index (χ1v) is 6.44. The van der Waals surface area contributed by atoms with Gasteiger partial charge in [-0.2, -0.15) is 0 Å². The number of hydrogen-bond donors (Lipinski definition) is 1. The molecule has 0 saturated carbocycles. The molecule has 0 aliphatic carbocycles. The van der Waals surface area contributed by atoms with Gasteiger partial charge in [0, 0.05) is 18.0 Å². The summed E-state index contributed by atoms with van der Waals surface area (Å²) in [6.45, 7) is 3.92. The van der Waals surface area contributed by atoms with Gasteiger partial charge in [0.15, 0.2) is 0 Å². The molecule has 0 spiro atoms. The van der Waals surface area contributed by atoms with E-state index in [2.05, 4.69) is 42.6 Å². The third kappa shape index (κ3) is 3.08. The highest BCUT2D eigenvalue weighted by Crippen LogP contribution is 2.21. The van der Waals surface area contributed by atoms with Crippen LogP contribution in [0.5, 0.6) is 0 Å². The molecule has 0 unspecified atom stereocenters. The van der Waals surface area contributed by atoms with E-state index < -0.39 is 0 Å². The second-order valence-corrected chi connectivity index (χ2v) is 5.54. The fourth-order valence-corrected chi connectivity index (χ4v) is 2.63. The lowest BCUT2D eigenvalue weighted by Gasteiger charge is -2.06. The molecule has 16 heavy (non-hydrogen) atoms. The van der Waals surface area contributed by atoms with Crippen molar-refractivity contribution in [3.05, 3.63) is 56.7 Å². The van der Waals surface area contributed by atoms with Crippen molar-refractivity contribution in [2.75, 3.05) is 0 Å². The molecule has 84 valence electrons. The molecule has 1 aromatic heterocycles. The van der Waals surface area contributed by atoms with Gasteiger partial charge >= 0.3 is 0 Å². The molecule has 2 rings (SSSR count). The van der Waals surface area contributed by atoms with Crippen LogP contribution in [0, 0.1) is 6.92 Å². The van der Waals surface area contributed by atoms with Crippen LogP contribution in [0.3, 0.4) is 0 Å². The van der Waals surface area contributed by atoms with Crippen LogP contribution in [-0.2, 0) is 13.1 Å². The molecule has 1 nitrogen and oxygen atoms in total. The Bertz CT molecular complexity index is 464. The summed E-state index contributed by atoms with van der Waals surface area (Å²) in [6, 6.07) is 12.4. The van der Waals surface area contributed by atoms with Crippen LogP contribution in [0.15, 0.2) is 36.4 Å². The molecular weight excluding hydrogens is 238 g/mol. The van der Waals surface area contributed by atoms with Crippen molar-refractivity contribution >= 4 is 22.9 Å². The van der Waals surface area contributed by atoms with Crippen LogP contribution in [0.1, 0.15) is 16.0 Å². The summed E-state index contributed by atoms with van der Waals surface area (Å²) in [5, 5.41) is 3.42. The van der Waals surface area contributed by atoms with Crippen molar-refractivity contribution in [1.29, 1.82) is 0 Å². The van der Waals surface area contributed by atoms with E-state index in [-0.39, 0.29) is 0 Å². The molecule has 0 fully saturated rings. The Hall–Kier alpha value is -0.830. The average molecular weight is 252 g/mol. The summed E-state index contributed by atoms with van der Waals surface area (Å²) in [5.74, 6) is 0. The molecule has 0 radical (unpaired) electrons. The minimum Gasteiger partial charge on any atom is -0.308 e. The molecule has 0 saturated heterocycles. The first-order chi connectivity index (χ1) is 7.75. The lowest BCUT2D eigenvalue weighted by Crippen LogP contribution is -2.12. The maximum atomic E-state index is 5.87. The summed E-state index contributed by atoms with van der Waals surface area (Å²) in [7, 11) is 0. The summed E-state index contributed by atoms with van der Waals surface area (Å²) >= 11 is 7.50. The lowest BCUT2D eigenvalue weighted by molar-refractivity contribution is 0.698. The van der Waals surface area contributed by atoms with Gasteiger partial charge in [-0.25, -0.2) is 0 Å². The Morgan fingerprint density at radius 1 is 1.12 bits per heavy atom. The van der Waals surface area contributed by atoms with E-state index in [0.717, 1.165) is 17.4 Å². The van der Waals surface area contributed by atoms with Crippen molar-refractivity contribution in [2.45, 2.75) is 20.0 Å². The average Bonchev–Trinajstić information content (AvgIpc) is 2.67. The monoisotopic (exact) mass is 251 g/mol. The van der Waals surface area contributed by atoms with Crippen LogP contribution < -0.4 is 5.32 Å². The fourth-order valence-electron chi connectivity index (χ4n) is 1.58. The van der Waals surface area contributed by atoms with Crippen LogP contribution in [0.25, 0.3) is 0 Å². The van der Waals surface area contributed by atoms with Gasteiger partial charge in [0.25, 0.3) is 0 Å². The van der Waals surface area contributed by atoms with Gasteiger partial charge < -0.3 is 5.32 Å². The molecule has 2 aromatic rings. The molecule has 1 aromatic carbocycles. The maximum Gasteiger partial charge on any atom is 0.0931 e. The van der Waals surface area contributed by atoms with Crippen LogP contribution in [0.4, 0.5) is 0 Å². The SMILES string of the molecule is Cc1ccccc1CNCc1ccc(Cl)s1. The number of hydrogen-bond acceptors (Lipinski definition) is 2. The standard InChI is InChI=1S/C13H14ClNS/c1-10-4-2-3-5-11(10)8-15-9-12-6-7-13(14)16-12/h2-7,15H,8-9H2,1H3. The smallest absolute Gasteiger partial charge is 0.0931 e. The van der Waals surface area contributed by atoms with Gasteiger partial charge in [-0.05, 0) is 30.2 Å². The van der Waals surface area contributed by atoms with E-state index in [4.69, 9.17) is 11.6 Å². The van der Waals surface area contributed by atoms with Crippen LogP contribution in [0.2, 0.25) is 4.34 Å². The first kappa shape index (κ1) is 11.6. The molecule has 0 aliphatic heterocycles. The lowest BCUT2D eigenvalue weighted by atomic mass is 10.1. The Kier molecular flexibility index (Phi) is 3.99. The first-order valence-electron chi connectivity index (χ1n) is 5.25. The third-order valence-corrected chi connectivity index (χ3v) is 3.74. The van der Waals surface area contributed by atoms with E-state index in [1.165, 1.54) is 16.0 Å². The van der Waals surface area contributed by atoms with E-state index in [1.54, 1.807) is 11.3 Å². The molecule has 0 atom stereocenters. The molecule has 0 amide bonds. The van der Waals surface area contributed by atoms with Gasteiger partial charge in [0.05, 0.1) is 4.34 Å². The predicted molar refractivity (Wildman–Crippen MR) is 71.1 cm³/mol. The van der Waals surface area contributed by atoms with E-state index in [1.807, 2.05) is 6.07 Å². The zero-order valence-corrected chi connectivity index (χ0v) is 10.7. The zero-order valence-electron chi connectivity index (χ0n) is 9.16. The normalized spacial score (nSPS) is 10.6. The van der Waals surface area contributed by atoms with Crippen LogP contribution in [-0.4, -0.2) is 0 Å². The fraction of sp³-hybridized carbons (Fsp3) is 0.231. The summed E-state index contributed by atoms with van der Waals surface area (Å²) < 4.78 is 0.854. The Morgan fingerprint density at radius 2 is 1.94 bits per heavy atom. The van der Waals surface area contributed by atoms with E-state index >= 15 is 0 Å². The topological polar surface area (TPSA) is 12.0 Å². The van der Waals surface area contributed by atoms with Gasteiger partial charge in [0.1, 0.15) is 0 Å². The van der Waals surface area contributed by atoms with Crippen molar-refractivity contribution in [1.82, 2.24) is 5.32 Å².